The molecule has 0 aliphatic rings. The summed E-state index contributed by atoms with van der Waals surface area (Å²) < 4.78 is 0. The highest BCUT2D eigenvalue weighted by Crippen LogP contribution is 2.36. The van der Waals surface area contributed by atoms with Crippen molar-refractivity contribution in [1.29, 1.82) is 0 Å². The molecular formula is C12H23P. The molecular weight excluding hydrogens is 175 g/mol. The number of hydrogen-bond donors (Lipinski definition) is 0. The molecule has 0 aromatic rings. The lowest BCUT2D eigenvalue weighted by Crippen LogP contribution is -1.88. The van der Waals surface area contributed by atoms with E-state index in [-0.39, 0.29) is 7.92 Å². The van der Waals surface area contributed by atoms with E-state index in [1.807, 2.05) is 0 Å². The topological polar surface area (TPSA) is 0 Å². The smallest absolute Gasteiger partial charge is 0.00637 e. The van der Waals surface area contributed by atoms with Crippen molar-refractivity contribution in [2.45, 2.75) is 52.9 Å². The third kappa shape index (κ3) is 8.32. The first-order chi connectivity index (χ1) is 6.35. The molecule has 1 heteroatoms. The van der Waals surface area contributed by atoms with E-state index >= 15 is 0 Å². The number of unbranched alkanes of at least 4 members (excludes halogenated alkanes) is 2. The van der Waals surface area contributed by atoms with E-state index in [4.69, 9.17) is 0 Å². The zero-order valence-corrected chi connectivity index (χ0v) is 10.3. The lowest BCUT2D eigenvalue weighted by molar-refractivity contribution is 0.871. The van der Waals surface area contributed by atoms with Crippen molar-refractivity contribution in [3.05, 3.63) is 0 Å². The van der Waals surface area contributed by atoms with Crippen LogP contribution in [0.5, 0.6) is 0 Å². The Hall–Kier alpha value is -0.0100. The van der Waals surface area contributed by atoms with Crippen LogP contribution in [0.3, 0.4) is 0 Å². The van der Waals surface area contributed by atoms with Gasteiger partial charge in [0.05, 0.1) is 0 Å². The Morgan fingerprint density at radius 3 is 1.85 bits per heavy atom. The Morgan fingerprint density at radius 2 is 1.46 bits per heavy atom. The predicted octanol–water partition coefficient (Wildman–Crippen LogP) is 4.44. The molecule has 0 aromatic heterocycles. The Bertz CT molecular complexity index is 144. The van der Waals surface area contributed by atoms with Gasteiger partial charge in [0.2, 0.25) is 0 Å². The lowest BCUT2D eigenvalue weighted by Gasteiger charge is -2.08. The van der Waals surface area contributed by atoms with Gasteiger partial charge in [0.1, 0.15) is 0 Å². The minimum Gasteiger partial charge on any atom is -0.0990 e. The van der Waals surface area contributed by atoms with Crippen molar-refractivity contribution in [3.8, 4) is 11.6 Å². The Balaban J connectivity index is 3.73. The molecule has 0 radical (unpaired) electrons. The molecule has 0 amide bonds. The summed E-state index contributed by atoms with van der Waals surface area (Å²) in [5, 5.41) is 0. The highest BCUT2D eigenvalue weighted by Gasteiger charge is 2.02. The maximum absolute atomic E-state index is 3.45. The average Bonchev–Trinajstić information content (AvgIpc) is 2.17. The molecule has 0 saturated heterocycles. The SMILES string of the molecule is CCC#CP(CCCC)CCCC. The first-order valence-electron chi connectivity index (χ1n) is 5.58. The van der Waals surface area contributed by atoms with Gasteiger partial charge >= 0.3 is 0 Å². The van der Waals surface area contributed by atoms with Crippen LogP contribution in [0.15, 0.2) is 0 Å². The molecule has 0 heterocycles. The normalized spacial score (nSPS) is 9.85. The average molecular weight is 198 g/mol. The van der Waals surface area contributed by atoms with Gasteiger partial charge in [-0.1, -0.05) is 45.2 Å². The van der Waals surface area contributed by atoms with E-state index in [2.05, 4.69) is 32.4 Å². The summed E-state index contributed by atoms with van der Waals surface area (Å²) in [5.74, 6) is 3.24. The van der Waals surface area contributed by atoms with Crippen LogP contribution >= 0.6 is 7.92 Å². The van der Waals surface area contributed by atoms with Crippen molar-refractivity contribution < 1.29 is 0 Å². The number of rotatable bonds is 6. The quantitative estimate of drug-likeness (QED) is 0.437. The highest BCUT2D eigenvalue weighted by atomic mass is 31.1. The standard InChI is InChI=1S/C12H23P/c1-4-7-10-13(11-8-5-2)12-9-6-3/h4-8,10-11H2,1-3H3. The molecule has 0 bridgehead atoms. The van der Waals surface area contributed by atoms with Gasteiger partial charge in [-0.05, 0) is 33.1 Å². The molecule has 76 valence electrons. The summed E-state index contributed by atoms with van der Waals surface area (Å²) >= 11 is 0. The number of hydrogen-bond acceptors (Lipinski definition) is 0. The van der Waals surface area contributed by atoms with Crippen LogP contribution < -0.4 is 0 Å². The fourth-order valence-corrected chi connectivity index (χ4v) is 3.34. The van der Waals surface area contributed by atoms with Gasteiger partial charge in [-0.3, -0.25) is 0 Å². The fraction of sp³-hybridized carbons (Fsp3) is 0.833. The molecule has 13 heavy (non-hydrogen) atoms. The fourth-order valence-electron chi connectivity index (χ4n) is 1.11. The van der Waals surface area contributed by atoms with Gasteiger partial charge in [-0.25, -0.2) is 0 Å². The Labute approximate surface area is 85.3 Å². The van der Waals surface area contributed by atoms with Gasteiger partial charge < -0.3 is 0 Å². The van der Waals surface area contributed by atoms with Crippen molar-refractivity contribution in [2.75, 3.05) is 12.3 Å². The second-order valence-corrected chi connectivity index (χ2v) is 5.53. The molecule has 0 fully saturated rings. The molecule has 0 atom stereocenters. The summed E-state index contributed by atoms with van der Waals surface area (Å²) in [5.41, 5.74) is 3.45. The van der Waals surface area contributed by atoms with Crippen molar-refractivity contribution in [2.24, 2.45) is 0 Å². The maximum Gasteiger partial charge on any atom is 0.00637 e. The van der Waals surface area contributed by atoms with Gasteiger partial charge in [0.25, 0.3) is 0 Å². The maximum atomic E-state index is 3.45. The molecule has 0 aromatic carbocycles. The summed E-state index contributed by atoms with van der Waals surface area (Å²) in [6, 6.07) is 0. The summed E-state index contributed by atoms with van der Waals surface area (Å²) in [6.45, 7) is 6.67. The molecule has 0 spiro atoms. The second kappa shape index (κ2) is 10.1. The van der Waals surface area contributed by atoms with E-state index in [1.54, 1.807) is 0 Å². The van der Waals surface area contributed by atoms with Crippen molar-refractivity contribution in [3.63, 3.8) is 0 Å². The summed E-state index contributed by atoms with van der Waals surface area (Å²) in [4.78, 5) is 0. The van der Waals surface area contributed by atoms with Gasteiger partial charge in [0.15, 0.2) is 0 Å². The highest BCUT2D eigenvalue weighted by molar-refractivity contribution is 7.62. The Kier molecular flexibility index (Phi) is 10.1. The third-order valence-electron chi connectivity index (χ3n) is 1.98. The van der Waals surface area contributed by atoms with E-state index in [1.165, 1.54) is 38.0 Å². The molecule has 0 rings (SSSR count). The molecule has 0 nitrogen and oxygen atoms in total. The first kappa shape index (κ1) is 13.0. The van der Waals surface area contributed by atoms with E-state index < -0.39 is 0 Å². The van der Waals surface area contributed by atoms with Crippen LogP contribution in [0, 0.1) is 11.6 Å². The van der Waals surface area contributed by atoms with Gasteiger partial charge in [-0.15, -0.1) is 0 Å². The van der Waals surface area contributed by atoms with Crippen LogP contribution in [0.1, 0.15) is 52.9 Å². The van der Waals surface area contributed by atoms with E-state index in [0.717, 1.165) is 6.42 Å². The molecule has 0 saturated carbocycles. The molecule has 0 aliphatic carbocycles. The first-order valence-corrected chi connectivity index (χ1v) is 7.29. The second-order valence-electron chi connectivity index (χ2n) is 3.34. The summed E-state index contributed by atoms with van der Waals surface area (Å²) in [7, 11) is 0.0606. The largest absolute Gasteiger partial charge is 0.0990 e. The zero-order chi connectivity index (χ0) is 9.94. The third-order valence-corrected chi connectivity index (χ3v) is 4.16. The van der Waals surface area contributed by atoms with Crippen molar-refractivity contribution >= 4 is 7.92 Å². The zero-order valence-electron chi connectivity index (χ0n) is 9.40. The minimum absolute atomic E-state index is 0.0606. The van der Waals surface area contributed by atoms with Gasteiger partial charge in [-0.2, -0.15) is 0 Å². The minimum atomic E-state index is 0.0606. The van der Waals surface area contributed by atoms with Gasteiger partial charge in [0, 0.05) is 6.42 Å². The van der Waals surface area contributed by atoms with Crippen LogP contribution in [-0.2, 0) is 0 Å². The van der Waals surface area contributed by atoms with Crippen LogP contribution in [0.4, 0.5) is 0 Å². The van der Waals surface area contributed by atoms with E-state index in [9.17, 15) is 0 Å². The Morgan fingerprint density at radius 1 is 0.923 bits per heavy atom. The lowest BCUT2D eigenvalue weighted by atomic mass is 10.4. The molecule has 0 unspecified atom stereocenters. The van der Waals surface area contributed by atoms with Crippen LogP contribution in [0.25, 0.3) is 0 Å². The van der Waals surface area contributed by atoms with Crippen LogP contribution in [0.2, 0.25) is 0 Å². The summed E-state index contributed by atoms with van der Waals surface area (Å²) in [6.07, 6.45) is 9.15. The predicted molar refractivity (Wildman–Crippen MR) is 64.5 cm³/mol. The van der Waals surface area contributed by atoms with E-state index in [0.29, 0.717) is 0 Å². The molecule has 0 aliphatic heterocycles. The van der Waals surface area contributed by atoms with Crippen molar-refractivity contribution in [1.82, 2.24) is 0 Å². The van der Waals surface area contributed by atoms with Crippen LogP contribution in [-0.4, -0.2) is 12.3 Å². The molecule has 0 N–H and O–H groups in total. The monoisotopic (exact) mass is 198 g/mol.